The average molecular weight is 344 g/mol. The lowest BCUT2D eigenvalue weighted by atomic mass is 10.3. The van der Waals surface area contributed by atoms with Gasteiger partial charge >= 0.3 is 0 Å². The molecule has 0 radical (unpaired) electrons. The molecule has 3 rings (SSSR count). The molecule has 1 saturated heterocycles. The fourth-order valence-electron chi connectivity index (χ4n) is 1.81. The first kappa shape index (κ1) is 15.1. The third-order valence-electron chi connectivity index (χ3n) is 2.85. The number of hydrogen-bond acceptors (Lipinski definition) is 7. The summed E-state index contributed by atoms with van der Waals surface area (Å²) >= 11 is 9.13. The molecule has 1 aliphatic heterocycles. The molecule has 0 spiro atoms. The molecule has 1 aliphatic rings. The number of benzene rings is 1. The van der Waals surface area contributed by atoms with Gasteiger partial charge in [0.1, 0.15) is 6.79 Å². The summed E-state index contributed by atoms with van der Waals surface area (Å²) in [5.41, 5.74) is 0.906. The predicted octanol–water partition coefficient (Wildman–Crippen LogP) is 3.79. The van der Waals surface area contributed by atoms with Crippen molar-refractivity contribution < 1.29 is 9.47 Å². The van der Waals surface area contributed by atoms with E-state index in [0.29, 0.717) is 11.8 Å². The van der Waals surface area contributed by atoms with Crippen LogP contribution in [-0.2, 0) is 9.47 Å². The van der Waals surface area contributed by atoms with E-state index in [9.17, 15) is 0 Å². The zero-order valence-corrected chi connectivity index (χ0v) is 13.5. The van der Waals surface area contributed by atoms with E-state index in [1.54, 1.807) is 11.8 Å². The molecule has 1 atom stereocenters. The first-order valence-corrected chi connectivity index (χ1v) is 8.66. The molecule has 112 valence electrons. The normalized spacial score (nSPS) is 18.6. The van der Waals surface area contributed by atoms with Gasteiger partial charge in [0.25, 0.3) is 0 Å². The highest BCUT2D eigenvalue weighted by Crippen LogP contribution is 2.29. The van der Waals surface area contributed by atoms with Gasteiger partial charge in [-0.2, -0.15) is 0 Å². The minimum atomic E-state index is 0.233. The monoisotopic (exact) mass is 343 g/mol. The lowest BCUT2D eigenvalue weighted by Crippen LogP contribution is -2.25. The van der Waals surface area contributed by atoms with Crippen molar-refractivity contribution in [2.45, 2.75) is 16.9 Å². The Labute approximate surface area is 136 Å². The molecular weight excluding hydrogens is 330 g/mol. The maximum Gasteiger partial charge on any atom is 0.210 e. The van der Waals surface area contributed by atoms with Gasteiger partial charge in [0.15, 0.2) is 4.34 Å². The smallest absolute Gasteiger partial charge is 0.210 e. The molecule has 8 heteroatoms. The topological polar surface area (TPSA) is 56.3 Å². The number of thioether (sulfide) groups is 1. The van der Waals surface area contributed by atoms with Crippen LogP contribution in [0.15, 0.2) is 28.6 Å². The number of anilines is 2. The summed E-state index contributed by atoms with van der Waals surface area (Å²) in [7, 11) is 0. The second kappa shape index (κ2) is 7.42. The first-order valence-electron chi connectivity index (χ1n) is 6.48. The Balaban J connectivity index is 1.53. The molecule has 1 fully saturated rings. The highest BCUT2D eigenvalue weighted by atomic mass is 35.5. The number of halogens is 1. The van der Waals surface area contributed by atoms with E-state index in [4.69, 9.17) is 21.1 Å². The number of nitrogens with one attached hydrogen (secondary N) is 1. The van der Waals surface area contributed by atoms with E-state index in [1.807, 2.05) is 24.3 Å². The fraction of sp³-hybridized carbons (Fsp3) is 0.385. The van der Waals surface area contributed by atoms with Crippen LogP contribution < -0.4 is 5.32 Å². The SMILES string of the molecule is Clc1cccc(Nc2nnc(SC[C@H]3CCOCO3)s2)c1. The largest absolute Gasteiger partial charge is 0.355 e. The van der Waals surface area contributed by atoms with Gasteiger partial charge in [-0.1, -0.05) is 40.8 Å². The van der Waals surface area contributed by atoms with Crippen LogP contribution in [0.4, 0.5) is 10.8 Å². The molecule has 5 nitrogen and oxygen atoms in total. The van der Waals surface area contributed by atoms with Crippen LogP contribution in [-0.4, -0.2) is 35.5 Å². The Morgan fingerprint density at radius 3 is 3.19 bits per heavy atom. The van der Waals surface area contributed by atoms with Crippen LogP contribution in [0.2, 0.25) is 5.02 Å². The van der Waals surface area contributed by atoms with E-state index >= 15 is 0 Å². The van der Waals surface area contributed by atoms with E-state index in [1.165, 1.54) is 11.3 Å². The van der Waals surface area contributed by atoms with Crippen LogP contribution in [0.3, 0.4) is 0 Å². The summed E-state index contributed by atoms with van der Waals surface area (Å²) in [6.07, 6.45) is 1.16. The Kier molecular flexibility index (Phi) is 5.32. The molecule has 21 heavy (non-hydrogen) atoms. The fourth-order valence-corrected chi connectivity index (χ4v) is 3.86. The highest BCUT2D eigenvalue weighted by molar-refractivity contribution is 8.01. The van der Waals surface area contributed by atoms with E-state index in [-0.39, 0.29) is 6.10 Å². The molecule has 0 unspecified atom stereocenters. The maximum atomic E-state index is 5.95. The van der Waals surface area contributed by atoms with Gasteiger partial charge in [0.2, 0.25) is 5.13 Å². The number of aromatic nitrogens is 2. The number of hydrogen-bond donors (Lipinski definition) is 1. The number of ether oxygens (including phenoxy) is 2. The Bertz CT molecular complexity index is 590. The molecule has 0 bridgehead atoms. The van der Waals surface area contributed by atoms with Crippen molar-refractivity contribution in [3.8, 4) is 0 Å². The Hall–Kier alpha value is -0.860. The maximum absolute atomic E-state index is 5.95. The van der Waals surface area contributed by atoms with Crippen molar-refractivity contribution >= 4 is 45.5 Å². The van der Waals surface area contributed by atoms with Crippen LogP contribution in [0.25, 0.3) is 0 Å². The second-order valence-electron chi connectivity index (χ2n) is 4.42. The average Bonchev–Trinajstić information content (AvgIpc) is 2.94. The number of nitrogens with zero attached hydrogens (tertiary/aromatic N) is 2. The predicted molar refractivity (Wildman–Crippen MR) is 85.7 cm³/mol. The molecule has 0 saturated carbocycles. The third kappa shape index (κ3) is 4.55. The number of rotatable bonds is 5. The Morgan fingerprint density at radius 1 is 1.43 bits per heavy atom. The minimum Gasteiger partial charge on any atom is -0.355 e. The zero-order valence-electron chi connectivity index (χ0n) is 11.1. The lowest BCUT2D eigenvalue weighted by molar-refractivity contribution is -0.130. The van der Waals surface area contributed by atoms with Crippen molar-refractivity contribution in [3.05, 3.63) is 29.3 Å². The molecule has 1 aromatic heterocycles. The molecule has 2 heterocycles. The van der Waals surface area contributed by atoms with Crippen molar-refractivity contribution in [1.82, 2.24) is 10.2 Å². The summed E-state index contributed by atoms with van der Waals surface area (Å²) in [5.74, 6) is 0.870. The van der Waals surface area contributed by atoms with Crippen LogP contribution in [0.1, 0.15) is 6.42 Å². The summed E-state index contributed by atoms with van der Waals surface area (Å²) < 4.78 is 11.6. The molecule has 1 aromatic carbocycles. The van der Waals surface area contributed by atoms with Gasteiger partial charge in [0.05, 0.1) is 12.7 Å². The summed E-state index contributed by atoms with van der Waals surface area (Å²) in [6, 6.07) is 7.52. The molecule has 0 amide bonds. The van der Waals surface area contributed by atoms with Crippen LogP contribution in [0.5, 0.6) is 0 Å². The minimum absolute atomic E-state index is 0.233. The lowest BCUT2D eigenvalue weighted by Gasteiger charge is -2.21. The second-order valence-corrected chi connectivity index (χ2v) is 7.10. The third-order valence-corrected chi connectivity index (χ3v) is 5.19. The van der Waals surface area contributed by atoms with E-state index in [2.05, 4.69) is 15.5 Å². The van der Waals surface area contributed by atoms with E-state index < -0.39 is 0 Å². The zero-order chi connectivity index (χ0) is 14.5. The van der Waals surface area contributed by atoms with Crippen molar-refractivity contribution in [2.75, 3.05) is 24.5 Å². The quantitative estimate of drug-likeness (QED) is 0.833. The van der Waals surface area contributed by atoms with Gasteiger partial charge in [-0.25, -0.2) is 0 Å². The molecule has 2 aromatic rings. The van der Waals surface area contributed by atoms with Gasteiger partial charge in [-0.15, -0.1) is 10.2 Å². The van der Waals surface area contributed by atoms with Gasteiger partial charge in [-0.05, 0) is 24.6 Å². The van der Waals surface area contributed by atoms with Crippen molar-refractivity contribution in [1.29, 1.82) is 0 Å². The summed E-state index contributed by atoms with van der Waals surface area (Å²) in [6.45, 7) is 1.16. The van der Waals surface area contributed by atoms with Gasteiger partial charge < -0.3 is 14.8 Å². The van der Waals surface area contributed by atoms with E-state index in [0.717, 1.165) is 33.9 Å². The highest BCUT2D eigenvalue weighted by Gasteiger charge is 2.15. The Morgan fingerprint density at radius 2 is 2.38 bits per heavy atom. The van der Waals surface area contributed by atoms with Crippen molar-refractivity contribution in [3.63, 3.8) is 0 Å². The van der Waals surface area contributed by atoms with Crippen molar-refractivity contribution in [2.24, 2.45) is 0 Å². The molecular formula is C13H14ClN3O2S2. The first-order chi connectivity index (χ1) is 10.3. The molecule has 0 aliphatic carbocycles. The van der Waals surface area contributed by atoms with Gasteiger partial charge in [-0.3, -0.25) is 0 Å². The standard InChI is InChI=1S/C13H14ClN3O2S2/c14-9-2-1-3-10(6-9)15-12-16-17-13(21-12)20-7-11-4-5-18-8-19-11/h1-3,6,11H,4-5,7-8H2,(H,15,16)/t11-/m1/s1. The summed E-state index contributed by atoms with van der Waals surface area (Å²) in [4.78, 5) is 0. The van der Waals surface area contributed by atoms with Gasteiger partial charge in [0, 0.05) is 16.5 Å². The van der Waals surface area contributed by atoms with Crippen LogP contribution in [0, 0.1) is 0 Å². The summed E-state index contributed by atoms with van der Waals surface area (Å²) in [5, 5.41) is 12.9. The molecule has 1 N–H and O–H groups in total. The van der Waals surface area contributed by atoms with Crippen LogP contribution >= 0.6 is 34.7 Å².